The number of fused-ring (bicyclic) bond motifs is 2. The number of carbonyl (C=O) groups is 2. The summed E-state index contributed by atoms with van der Waals surface area (Å²) in [6, 6.07) is 11.5. The van der Waals surface area contributed by atoms with E-state index in [1.165, 1.54) is 23.7 Å². The van der Waals surface area contributed by atoms with Crippen LogP contribution in [0.3, 0.4) is 0 Å². The number of nitrogens with one attached hydrogen (secondary N) is 1. The van der Waals surface area contributed by atoms with Crippen LogP contribution in [0.15, 0.2) is 82.1 Å². The van der Waals surface area contributed by atoms with Crippen molar-refractivity contribution in [1.82, 2.24) is 9.78 Å². The molecule has 0 saturated heterocycles. The molecule has 1 aliphatic carbocycles. The molecule has 12 nitrogen and oxygen atoms in total. The minimum Gasteiger partial charge on any atom is -0.442 e. The van der Waals surface area contributed by atoms with E-state index in [0.29, 0.717) is 51.6 Å². The van der Waals surface area contributed by atoms with Gasteiger partial charge in [0.25, 0.3) is 5.69 Å². The van der Waals surface area contributed by atoms with Crippen LogP contribution >= 0.6 is 0 Å². The number of hydrogen-bond acceptors (Lipinski definition) is 10. The van der Waals surface area contributed by atoms with E-state index >= 15 is 0 Å². The summed E-state index contributed by atoms with van der Waals surface area (Å²) in [4.78, 5) is 44.8. The fraction of sp³-hybridized carbons (Fsp3) is 0.276. The standard InChI is InChI=1S/C29H28N6O6/c1-17(36)40-22-11-12-29(5)23(15-22)26(32-25(33-29)18-7-6-8-21(14-18)35(38)39)31-20-9-10-24-19(13-20)16-30-34(24)27(37)41-28(2,3)4/h6-11,13-16H,12H2,1-5H3,(H,31,32,33). The predicted octanol–water partition coefficient (Wildman–Crippen LogP) is 5.53. The van der Waals surface area contributed by atoms with Crippen LogP contribution in [0.25, 0.3) is 10.9 Å². The van der Waals surface area contributed by atoms with Crippen LogP contribution in [0.1, 0.15) is 46.6 Å². The van der Waals surface area contributed by atoms with E-state index < -0.39 is 28.1 Å². The number of amidine groups is 2. The number of hydrogen-bond donors (Lipinski definition) is 1. The fourth-order valence-electron chi connectivity index (χ4n) is 4.54. The van der Waals surface area contributed by atoms with Crippen LogP contribution in [-0.2, 0) is 14.3 Å². The van der Waals surface area contributed by atoms with Gasteiger partial charge in [0, 0.05) is 41.3 Å². The van der Waals surface area contributed by atoms with Crippen LogP contribution in [-0.4, -0.2) is 49.6 Å². The fourth-order valence-corrected chi connectivity index (χ4v) is 4.54. The maximum Gasteiger partial charge on any atom is 0.435 e. The number of ether oxygens (including phenoxy) is 2. The molecule has 0 fully saturated rings. The first-order chi connectivity index (χ1) is 19.3. The lowest BCUT2D eigenvalue weighted by atomic mass is 9.82. The monoisotopic (exact) mass is 556 g/mol. The average molecular weight is 557 g/mol. The average Bonchev–Trinajstić information content (AvgIpc) is 3.31. The molecule has 3 aromatic rings. The SMILES string of the molecule is CC(=O)OC1=CCC2(C)N=C(c3cccc([N+](=O)[O-])c3)N=C(Nc3ccc4c(cnn4C(=O)OC(C)(C)C)c3)C2=C1. The van der Waals surface area contributed by atoms with Crippen molar-refractivity contribution in [3.05, 3.63) is 87.8 Å². The molecule has 1 aromatic heterocycles. The van der Waals surface area contributed by atoms with Crippen molar-refractivity contribution in [2.75, 3.05) is 5.32 Å². The molecular formula is C29H28N6O6. The van der Waals surface area contributed by atoms with Crippen molar-refractivity contribution < 1.29 is 24.0 Å². The number of non-ortho nitro benzene ring substituents is 1. The molecule has 5 rings (SSSR count). The molecule has 41 heavy (non-hydrogen) atoms. The van der Waals surface area contributed by atoms with Gasteiger partial charge in [0.1, 0.15) is 17.2 Å². The molecule has 210 valence electrons. The Bertz CT molecular complexity index is 1720. The zero-order valence-electron chi connectivity index (χ0n) is 23.2. The molecule has 1 N–H and O–H groups in total. The molecule has 2 aromatic carbocycles. The lowest BCUT2D eigenvalue weighted by Crippen LogP contribution is -2.39. The predicted molar refractivity (Wildman–Crippen MR) is 153 cm³/mol. The summed E-state index contributed by atoms with van der Waals surface area (Å²) >= 11 is 0. The number of nitro benzene ring substituents is 1. The first-order valence-electron chi connectivity index (χ1n) is 12.8. The molecule has 2 aliphatic rings. The largest absolute Gasteiger partial charge is 0.442 e. The summed E-state index contributed by atoms with van der Waals surface area (Å²) in [5, 5.41) is 19.6. The molecule has 1 atom stereocenters. The van der Waals surface area contributed by atoms with Crippen LogP contribution < -0.4 is 5.32 Å². The van der Waals surface area contributed by atoms with Crippen LogP contribution in [0.5, 0.6) is 0 Å². The van der Waals surface area contributed by atoms with Gasteiger partial charge in [-0.05, 0) is 64.5 Å². The number of aliphatic imine (C=N–C) groups is 2. The quantitative estimate of drug-likeness (QED) is 0.250. The van der Waals surface area contributed by atoms with E-state index in [2.05, 4.69) is 10.4 Å². The van der Waals surface area contributed by atoms with Gasteiger partial charge >= 0.3 is 12.1 Å². The number of esters is 1. The highest BCUT2D eigenvalue weighted by atomic mass is 16.6. The van der Waals surface area contributed by atoms with Gasteiger partial charge in [-0.1, -0.05) is 12.1 Å². The normalized spacial score (nSPS) is 18.4. The Morgan fingerprint density at radius 2 is 1.95 bits per heavy atom. The van der Waals surface area contributed by atoms with E-state index in [4.69, 9.17) is 19.5 Å². The second-order valence-corrected chi connectivity index (χ2v) is 10.9. The Morgan fingerprint density at radius 3 is 2.66 bits per heavy atom. The first-order valence-corrected chi connectivity index (χ1v) is 12.8. The van der Waals surface area contributed by atoms with E-state index in [1.54, 1.807) is 63.4 Å². The summed E-state index contributed by atoms with van der Waals surface area (Å²) in [6.07, 6.45) is 4.87. The Morgan fingerprint density at radius 1 is 1.17 bits per heavy atom. The third kappa shape index (κ3) is 5.76. The minimum absolute atomic E-state index is 0.0745. The topological polar surface area (TPSA) is 150 Å². The molecule has 0 bridgehead atoms. The van der Waals surface area contributed by atoms with E-state index in [1.807, 2.05) is 13.0 Å². The van der Waals surface area contributed by atoms with E-state index in [9.17, 15) is 19.7 Å². The summed E-state index contributed by atoms with van der Waals surface area (Å²) in [7, 11) is 0. The van der Waals surface area contributed by atoms with Crippen molar-refractivity contribution in [1.29, 1.82) is 0 Å². The lowest BCUT2D eigenvalue weighted by molar-refractivity contribution is -0.384. The zero-order valence-corrected chi connectivity index (χ0v) is 23.2. The van der Waals surface area contributed by atoms with Crippen molar-refractivity contribution >= 4 is 46.0 Å². The smallest absolute Gasteiger partial charge is 0.435 e. The number of nitro groups is 1. The molecule has 1 unspecified atom stereocenters. The highest BCUT2D eigenvalue weighted by Crippen LogP contribution is 2.37. The molecule has 0 amide bonds. The van der Waals surface area contributed by atoms with Gasteiger partial charge in [-0.3, -0.25) is 19.9 Å². The summed E-state index contributed by atoms with van der Waals surface area (Å²) in [5.41, 5.74) is 0.836. The summed E-state index contributed by atoms with van der Waals surface area (Å²) in [6.45, 7) is 8.59. The molecule has 1 aliphatic heterocycles. The van der Waals surface area contributed by atoms with Gasteiger partial charge in [-0.2, -0.15) is 9.78 Å². The van der Waals surface area contributed by atoms with Crippen LogP contribution in [0.2, 0.25) is 0 Å². The third-order valence-corrected chi connectivity index (χ3v) is 6.37. The van der Waals surface area contributed by atoms with Gasteiger partial charge < -0.3 is 14.8 Å². The van der Waals surface area contributed by atoms with Crippen molar-refractivity contribution in [3.8, 4) is 0 Å². The van der Waals surface area contributed by atoms with Crippen molar-refractivity contribution in [2.24, 2.45) is 9.98 Å². The third-order valence-electron chi connectivity index (χ3n) is 6.37. The van der Waals surface area contributed by atoms with Gasteiger partial charge in [0.2, 0.25) is 0 Å². The van der Waals surface area contributed by atoms with Gasteiger partial charge in [0.15, 0.2) is 5.84 Å². The maximum atomic E-state index is 12.6. The number of carbonyl (C=O) groups excluding carboxylic acids is 2. The molecule has 12 heteroatoms. The Balaban J connectivity index is 1.54. The molecule has 0 spiro atoms. The van der Waals surface area contributed by atoms with E-state index in [0.717, 1.165) is 0 Å². The van der Waals surface area contributed by atoms with Gasteiger partial charge in [-0.15, -0.1) is 0 Å². The zero-order chi connectivity index (χ0) is 29.5. The second-order valence-electron chi connectivity index (χ2n) is 10.9. The van der Waals surface area contributed by atoms with Crippen LogP contribution in [0.4, 0.5) is 16.2 Å². The number of nitrogens with zero attached hydrogens (tertiary/aromatic N) is 5. The van der Waals surface area contributed by atoms with Gasteiger partial charge in [-0.25, -0.2) is 9.79 Å². The second kappa shape index (κ2) is 10.1. The number of allylic oxidation sites excluding steroid dienone is 1. The highest BCUT2D eigenvalue weighted by molar-refractivity contribution is 6.20. The Kier molecular flexibility index (Phi) is 6.77. The number of rotatable bonds is 4. The summed E-state index contributed by atoms with van der Waals surface area (Å²) in [5.74, 6) is 0.675. The Hall–Kier alpha value is -5.13. The highest BCUT2D eigenvalue weighted by Gasteiger charge is 2.38. The number of anilines is 1. The van der Waals surface area contributed by atoms with Gasteiger partial charge in [0.05, 0.1) is 22.2 Å². The number of benzene rings is 2. The molecular weight excluding hydrogens is 528 g/mol. The lowest BCUT2D eigenvalue weighted by Gasteiger charge is -2.35. The van der Waals surface area contributed by atoms with E-state index in [-0.39, 0.29) is 5.69 Å². The Labute approximate surface area is 235 Å². The van der Waals surface area contributed by atoms with Crippen molar-refractivity contribution in [2.45, 2.75) is 52.2 Å². The molecule has 2 heterocycles. The molecule has 0 saturated carbocycles. The molecule has 0 radical (unpaired) electrons. The first kappa shape index (κ1) is 27.4. The maximum absolute atomic E-state index is 12.6. The van der Waals surface area contributed by atoms with Crippen LogP contribution in [0, 0.1) is 10.1 Å². The number of aromatic nitrogens is 2. The minimum atomic E-state index is -0.792. The summed E-state index contributed by atoms with van der Waals surface area (Å²) < 4.78 is 12.0. The van der Waals surface area contributed by atoms with Crippen molar-refractivity contribution in [3.63, 3.8) is 0 Å².